The number of para-hydroxylation sites is 1. The van der Waals surface area contributed by atoms with E-state index in [1.807, 2.05) is 12.1 Å². The number of amides is 1. The van der Waals surface area contributed by atoms with Crippen LogP contribution in [-0.2, 0) is 4.74 Å². The van der Waals surface area contributed by atoms with E-state index >= 15 is 0 Å². The number of rotatable bonds is 5. The van der Waals surface area contributed by atoms with Crippen LogP contribution in [0.4, 0.5) is 0 Å². The zero-order chi connectivity index (χ0) is 13.5. The van der Waals surface area contributed by atoms with Crippen molar-refractivity contribution in [1.29, 1.82) is 0 Å². The maximum Gasteiger partial charge on any atom is 0.255 e. The van der Waals surface area contributed by atoms with Crippen molar-refractivity contribution in [2.24, 2.45) is 0 Å². The highest BCUT2D eigenvalue weighted by atomic mass is 35.5. The molecule has 112 valence electrons. The average Bonchev–Trinajstić information content (AvgIpc) is 2.48. The number of hydrogen-bond acceptors (Lipinski definition) is 4. The molecule has 2 rings (SSSR count). The van der Waals surface area contributed by atoms with Gasteiger partial charge in [-0.3, -0.25) is 9.69 Å². The number of hydrogen-bond donors (Lipinski definition) is 1. The van der Waals surface area contributed by atoms with Crippen molar-refractivity contribution >= 4 is 18.3 Å². The lowest BCUT2D eigenvalue weighted by molar-refractivity contribution is 0.0383. The predicted octanol–water partition coefficient (Wildman–Crippen LogP) is 1.18. The number of nitrogens with zero attached hydrogens (tertiary/aromatic N) is 1. The molecule has 1 aromatic rings. The molecular formula is C14H21ClN2O3. The van der Waals surface area contributed by atoms with Crippen molar-refractivity contribution in [1.82, 2.24) is 10.2 Å². The molecule has 1 aliphatic rings. The molecule has 0 unspecified atom stereocenters. The SMILES string of the molecule is COc1ccccc1C(=O)NCCN1CCOCC1.Cl. The van der Waals surface area contributed by atoms with Crippen molar-refractivity contribution in [2.75, 3.05) is 46.5 Å². The number of morpholine rings is 1. The van der Waals surface area contributed by atoms with Gasteiger partial charge < -0.3 is 14.8 Å². The van der Waals surface area contributed by atoms with Crippen LogP contribution in [0.1, 0.15) is 10.4 Å². The lowest BCUT2D eigenvalue weighted by Gasteiger charge is -2.26. The number of carbonyl (C=O) groups excluding carboxylic acids is 1. The minimum atomic E-state index is -0.0919. The summed E-state index contributed by atoms with van der Waals surface area (Å²) in [4.78, 5) is 14.3. The summed E-state index contributed by atoms with van der Waals surface area (Å²) in [7, 11) is 1.57. The molecule has 0 saturated carbocycles. The summed E-state index contributed by atoms with van der Waals surface area (Å²) in [6.45, 7) is 4.91. The molecule has 0 atom stereocenters. The van der Waals surface area contributed by atoms with Gasteiger partial charge >= 0.3 is 0 Å². The summed E-state index contributed by atoms with van der Waals surface area (Å²) in [5.41, 5.74) is 0.576. The Balaban J connectivity index is 0.00000200. The average molecular weight is 301 g/mol. The Hall–Kier alpha value is -1.30. The van der Waals surface area contributed by atoms with Crippen molar-refractivity contribution in [3.05, 3.63) is 29.8 Å². The molecule has 6 heteroatoms. The van der Waals surface area contributed by atoms with Crippen LogP contribution in [0, 0.1) is 0 Å². The van der Waals surface area contributed by atoms with Gasteiger partial charge in [-0.1, -0.05) is 12.1 Å². The number of carbonyl (C=O) groups is 1. The number of benzene rings is 1. The molecule has 1 N–H and O–H groups in total. The normalized spacial score (nSPS) is 15.2. The van der Waals surface area contributed by atoms with Crippen LogP contribution >= 0.6 is 12.4 Å². The number of ether oxygens (including phenoxy) is 2. The molecule has 1 aliphatic heterocycles. The molecule has 0 spiro atoms. The van der Waals surface area contributed by atoms with Gasteiger partial charge in [-0.2, -0.15) is 0 Å². The highest BCUT2D eigenvalue weighted by molar-refractivity contribution is 5.96. The van der Waals surface area contributed by atoms with Crippen LogP contribution in [0.25, 0.3) is 0 Å². The third kappa shape index (κ3) is 4.67. The van der Waals surface area contributed by atoms with Crippen LogP contribution in [0.5, 0.6) is 5.75 Å². The fraction of sp³-hybridized carbons (Fsp3) is 0.500. The Labute approximate surface area is 125 Å². The van der Waals surface area contributed by atoms with E-state index in [1.165, 1.54) is 0 Å². The molecule has 0 aromatic heterocycles. The minimum absolute atomic E-state index is 0. The molecule has 1 fully saturated rings. The molecule has 0 aliphatic carbocycles. The highest BCUT2D eigenvalue weighted by Gasteiger charge is 2.13. The van der Waals surface area contributed by atoms with Crippen molar-refractivity contribution in [3.8, 4) is 5.75 Å². The van der Waals surface area contributed by atoms with Gasteiger partial charge in [0.25, 0.3) is 5.91 Å². The van der Waals surface area contributed by atoms with Crippen LogP contribution in [0.3, 0.4) is 0 Å². The Kier molecular flexibility index (Phi) is 7.36. The first-order valence-electron chi connectivity index (χ1n) is 6.52. The maximum absolute atomic E-state index is 12.0. The second-order valence-corrected chi connectivity index (χ2v) is 4.41. The lowest BCUT2D eigenvalue weighted by atomic mass is 10.2. The quantitative estimate of drug-likeness (QED) is 0.887. The second kappa shape index (κ2) is 8.79. The third-order valence-electron chi connectivity index (χ3n) is 3.17. The topological polar surface area (TPSA) is 50.8 Å². The van der Waals surface area contributed by atoms with Crippen LogP contribution in [0.15, 0.2) is 24.3 Å². The largest absolute Gasteiger partial charge is 0.496 e. The first-order valence-corrected chi connectivity index (χ1v) is 6.52. The standard InChI is InChI=1S/C14H20N2O3.ClH/c1-18-13-5-3-2-4-12(13)14(17)15-6-7-16-8-10-19-11-9-16;/h2-5H,6-11H2,1H3,(H,15,17);1H. The van der Waals surface area contributed by atoms with Crippen LogP contribution in [-0.4, -0.2) is 57.3 Å². The van der Waals surface area contributed by atoms with Crippen molar-refractivity contribution in [3.63, 3.8) is 0 Å². The fourth-order valence-corrected chi connectivity index (χ4v) is 2.08. The van der Waals surface area contributed by atoms with Gasteiger partial charge in [0, 0.05) is 26.2 Å². The maximum atomic E-state index is 12.0. The molecular weight excluding hydrogens is 280 g/mol. The molecule has 0 bridgehead atoms. The van der Waals surface area contributed by atoms with E-state index in [9.17, 15) is 4.79 Å². The summed E-state index contributed by atoms with van der Waals surface area (Å²) in [6, 6.07) is 7.24. The van der Waals surface area contributed by atoms with Gasteiger partial charge in [-0.05, 0) is 12.1 Å². The van der Waals surface area contributed by atoms with Gasteiger partial charge in [0.15, 0.2) is 0 Å². The third-order valence-corrected chi connectivity index (χ3v) is 3.17. The Morgan fingerprint density at radius 3 is 2.75 bits per heavy atom. The summed E-state index contributed by atoms with van der Waals surface area (Å²) in [5, 5.41) is 2.92. The van der Waals surface area contributed by atoms with Gasteiger partial charge in [0.1, 0.15) is 5.75 Å². The smallest absolute Gasteiger partial charge is 0.255 e. The molecule has 1 aromatic carbocycles. The molecule has 20 heavy (non-hydrogen) atoms. The second-order valence-electron chi connectivity index (χ2n) is 4.41. The number of nitrogens with one attached hydrogen (secondary N) is 1. The molecule has 5 nitrogen and oxygen atoms in total. The van der Waals surface area contributed by atoms with Crippen LogP contribution < -0.4 is 10.1 Å². The Morgan fingerprint density at radius 2 is 2.05 bits per heavy atom. The lowest BCUT2D eigenvalue weighted by Crippen LogP contribution is -2.41. The van der Waals surface area contributed by atoms with E-state index in [2.05, 4.69) is 10.2 Å². The number of halogens is 1. The van der Waals surface area contributed by atoms with E-state index in [4.69, 9.17) is 9.47 Å². The van der Waals surface area contributed by atoms with E-state index < -0.39 is 0 Å². The molecule has 1 saturated heterocycles. The zero-order valence-electron chi connectivity index (χ0n) is 11.6. The van der Waals surface area contributed by atoms with Gasteiger partial charge in [0.2, 0.25) is 0 Å². The van der Waals surface area contributed by atoms with E-state index in [-0.39, 0.29) is 18.3 Å². The van der Waals surface area contributed by atoms with Gasteiger partial charge in [-0.15, -0.1) is 12.4 Å². The molecule has 1 amide bonds. The van der Waals surface area contributed by atoms with Gasteiger partial charge in [-0.25, -0.2) is 0 Å². The van der Waals surface area contributed by atoms with Crippen molar-refractivity contribution in [2.45, 2.75) is 0 Å². The van der Waals surface area contributed by atoms with Crippen molar-refractivity contribution < 1.29 is 14.3 Å². The van der Waals surface area contributed by atoms with Crippen LogP contribution in [0.2, 0.25) is 0 Å². The summed E-state index contributed by atoms with van der Waals surface area (Å²) in [6.07, 6.45) is 0. The van der Waals surface area contributed by atoms with E-state index in [0.717, 1.165) is 32.8 Å². The minimum Gasteiger partial charge on any atom is -0.496 e. The monoisotopic (exact) mass is 300 g/mol. The summed E-state index contributed by atoms with van der Waals surface area (Å²) in [5.74, 6) is 0.511. The molecule has 1 heterocycles. The highest BCUT2D eigenvalue weighted by Crippen LogP contribution is 2.16. The fourth-order valence-electron chi connectivity index (χ4n) is 2.08. The predicted molar refractivity (Wildman–Crippen MR) is 79.8 cm³/mol. The first kappa shape index (κ1) is 16.8. The zero-order valence-corrected chi connectivity index (χ0v) is 12.4. The Morgan fingerprint density at radius 1 is 1.35 bits per heavy atom. The summed E-state index contributed by atoms with van der Waals surface area (Å²) >= 11 is 0. The van der Waals surface area contributed by atoms with E-state index in [1.54, 1.807) is 19.2 Å². The summed E-state index contributed by atoms with van der Waals surface area (Å²) < 4.78 is 10.5. The Bertz CT molecular complexity index is 423. The van der Waals surface area contributed by atoms with Gasteiger partial charge in [0.05, 0.1) is 25.9 Å². The van der Waals surface area contributed by atoms with E-state index in [0.29, 0.717) is 17.9 Å². The molecule has 0 radical (unpaired) electrons. The number of methoxy groups -OCH3 is 1. The first-order chi connectivity index (χ1) is 9.31.